The zero-order valence-corrected chi connectivity index (χ0v) is 15.9. The summed E-state index contributed by atoms with van der Waals surface area (Å²) in [5.74, 6) is 0.602. The van der Waals surface area contributed by atoms with E-state index in [-0.39, 0.29) is 5.97 Å². The van der Waals surface area contributed by atoms with Crippen molar-refractivity contribution in [3.05, 3.63) is 40.6 Å². The van der Waals surface area contributed by atoms with Gasteiger partial charge in [0, 0.05) is 5.56 Å². The maximum absolute atomic E-state index is 12.2. The molecule has 0 bridgehead atoms. The normalized spacial score (nSPS) is 16.8. The number of fused-ring (bicyclic) bond motifs is 1. The standard InChI is InChI=1S/C19H28O2Si/c1-12(2)22(13(3)4,14(5)6)11-17-16-10-8-9-15(7)18(16)19(20)21-17/h8-14H,1-7H3/b17-11-. The highest BCUT2D eigenvalue weighted by molar-refractivity contribution is 6.88. The summed E-state index contributed by atoms with van der Waals surface area (Å²) in [6.45, 7) is 15.9. The smallest absolute Gasteiger partial charge is 0.344 e. The third kappa shape index (κ3) is 2.56. The molecule has 3 heteroatoms. The van der Waals surface area contributed by atoms with E-state index in [0.29, 0.717) is 16.6 Å². The molecule has 1 aliphatic rings. The van der Waals surface area contributed by atoms with E-state index in [0.717, 1.165) is 22.4 Å². The van der Waals surface area contributed by atoms with E-state index in [1.54, 1.807) is 0 Å². The number of esters is 1. The molecule has 1 aromatic rings. The van der Waals surface area contributed by atoms with Crippen molar-refractivity contribution in [1.82, 2.24) is 0 Å². The Morgan fingerprint density at radius 2 is 1.55 bits per heavy atom. The number of hydrogen-bond acceptors (Lipinski definition) is 2. The lowest BCUT2D eigenvalue weighted by Gasteiger charge is -2.40. The molecule has 120 valence electrons. The summed E-state index contributed by atoms with van der Waals surface area (Å²) in [7, 11) is -1.75. The molecule has 2 rings (SSSR count). The Kier molecular flexibility index (Phi) is 4.66. The lowest BCUT2D eigenvalue weighted by atomic mass is 10.0. The molecule has 22 heavy (non-hydrogen) atoms. The minimum Gasteiger partial charge on any atom is -0.423 e. The number of ether oxygens (including phenoxy) is 1. The molecule has 0 aliphatic carbocycles. The fraction of sp³-hybridized carbons (Fsp3) is 0.526. The average Bonchev–Trinajstić information content (AvgIpc) is 2.72. The van der Waals surface area contributed by atoms with Gasteiger partial charge in [-0.1, -0.05) is 65.4 Å². The summed E-state index contributed by atoms with van der Waals surface area (Å²) in [4.78, 5) is 12.2. The average molecular weight is 317 g/mol. The van der Waals surface area contributed by atoms with Gasteiger partial charge in [-0.3, -0.25) is 0 Å². The van der Waals surface area contributed by atoms with Gasteiger partial charge in [0.2, 0.25) is 0 Å². The van der Waals surface area contributed by atoms with Crippen LogP contribution in [0.3, 0.4) is 0 Å². The molecule has 0 spiro atoms. The number of benzene rings is 1. The summed E-state index contributed by atoms with van der Waals surface area (Å²) in [6, 6.07) is 5.99. The van der Waals surface area contributed by atoms with Crippen molar-refractivity contribution in [2.24, 2.45) is 0 Å². The van der Waals surface area contributed by atoms with E-state index < -0.39 is 8.07 Å². The first-order valence-corrected chi connectivity index (χ1v) is 10.6. The Morgan fingerprint density at radius 3 is 2.05 bits per heavy atom. The van der Waals surface area contributed by atoms with Crippen LogP contribution in [0.2, 0.25) is 16.6 Å². The molecule has 2 nitrogen and oxygen atoms in total. The van der Waals surface area contributed by atoms with Crippen LogP contribution >= 0.6 is 0 Å². The van der Waals surface area contributed by atoms with Crippen LogP contribution in [0.1, 0.15) is 63.0 Å². The highest BCUT2D eigenvalue weighted by Gasteiger charge is 2.43. The van der Waals surface area contributed by atoms with Crippen molar-refractivity contribution in [3.8, 4) is 0 Å². The first-order chi connectivity index (χ1) is 10.2. The maximum Gasteiger partial charge on any atom is 0.344 e. The fourth-order valence-electron chi connectivity index (χ4n) is 4.18. The van der Waals surface area contributed by atoms with Crippen molar-refractivity contribution >= 4 is 19.8 Å². The highest BCUT2D eigenvalue weighted by Crippen LogP contribution is 2.45. The van der Waals surface area contributed by atoms with Crippen molar-refractivity contribution < 1.29 is 9.53 Å². The predicted molar refractivity (Wildman–Crippen MR) is 95.6 cm³/mol. The summed E-state index contributed by atoms with van der Waals surface area (Å²) >= 11 is 0. The Hall–Kier alpha value is -1.35. The fourth-order valence-corrected chi connectivity index (χ4v) is 9.85. The van der Waals surface area contributed by atoms with Gasteiger partial charge in [0.1, 0.15) is 5.76 Å². The lowest BCUT2D eigenvalue weighted by Crippen LogP contribution is -2.43. The van der Waals surface area contributed by atoms with Gasteiger partial charge in [0.05, 0.1) is 13.6 Å². The monoisotopic (exact) mass is 316 g/mol. The summed E-state index contributed by atoms with van der Waals surface area (Å²) < 4.78 is 5.68. The molecular weight excluding hydrogens is 288 g/mol. The first-order valence-electron chi connectivity index (χ1n) is 8.26. The largest absolute Gasteiger partial charge is 0.423 e. The van der Waals surface area contributed by atoms with E-state index in [4.69, 9.17) is 4.74 Å². The number of hydrogen-bond donors (Lipinski definition) is 0. The van der Waals surface area contributed by atoms with Gasteiger partial charge in [0.25, 0.3) is 0 Å². The van der Waals surface area contributed by atoms with E-state index >= 15 is 0 Å². The van der Waals surface area contributed by atoms with E-state index in [1.807, 2.05) is 25.1 Å². The maximum atomic E-state index is 12.2. The van der Waals surface area contributed by atoms with Crippen molar-refractivity contribution in [2.75, 3.05) is 0 Å². The second kappa shape index (κ2) is 6.03. The summed E-state index contributed by atoms with van der Waals surface area (Å²) in [5, 5.41) is 0. The zero-order valence-electron chi connectivity index (χ0n) is 14.9. The van der Waals surface area contributed by atoms with Crippen LogP contribution in [0.5, 0.6) is 0 Å². The zero-order chi connectivity index (χ0) is 16.7. The minimum absolute atomic E-state index is 0.196. The number of aryl methyl sites for hydroxylation is 1. The minimum atomic E-state index is -1.75. The Bertz CT molecular complexity index is 590. The van der Waals surface area contributed by atoms with Crippen molar-refractivity contribution in [1.29, 1.82) is 0 Å². The number of rotatable bonds is 4. The summed E-state index contributed by atoms with van der Waals surface area (Å²) in [5.41, 5.74) is 6.89. The van der Waals surface area contributed by atoms with E-state index in [1.165, 1.54) is 0 Å². The van der Waals surface area contributed by atoms with Gasteiger partial charge in [-0.25, -0.2) is 4.79 Å². The van der Waals surface area contributed by atoms with Crippen LogP contribution < -0.4 is 0 Å². The molecule has 0 unspecified atom stereocenters. The topological polar surface area (TPSA) is 26.3 Å². The molecule has 0 N–H and O–H groups in total. The van der Waals surface area contributed by atoms with Crippen LogP contribution in [0, 0.1) is 6.92 Å². The molecule has 1 aliphatic heterocycles. The number of cyclic esters (lactones) is 1. The second-order valence-electron chi connectivity index (χ2n) is 7.36. The third-order valence-electron chi connectivity index (χ3n) is 5.33. The first kappa shape index (κ1) is 17.0. The Morgan fingerprint density at radius 1 is 1.00 bits per heavy atom. The van der Waals surface area contributed by atoms with Crippen LogP contribution in [-0.4, -0.2) is 14.0 Å². The van der Waals surface area contributed by atoms with Crippen LogP contribution in [0.25, 0.3) is 5.76 Å². The predicted octanol–water partition coefficient (Wildman–Crippen LogP) is 5.72. The van der Waals surface area contributed by atoms with Crippen LogP contribution in [0.15, 0.2) is 23.9 Å². The van der Waals surface area contributed by atoms with Gasteiger partial charge in [-0.2, -0.15) is 0 Å². The molecule has 1 heterocycles. The van der Waals surface area contributed by atoms with Gasteiger partial charge in [-0.15, -0.1) is 0 Å². The molecule has 0 fully saturated rings. The Balaban J connectivity index is 2.63. The molecule has 0 saturated carbocycles. The van der Waals surface area contributed by atoms with Crippen LogP contribution in [-0.2, 0) is 4.74 Å². The van der Waals surface area contributed by atoms with Crippen LogP contribution in [0.4, 0.5) is 0 Å². The summed E-state index contributed by atoms with van der Waals surface area (Å²) in [6.07, 6.45) is 0. The van der Waals surface area contributed by atoms with E-state index in [9.17, 15) is 4.79 Å². The van der Waals surface area contributed by atoms with Crippen molar-refractivity contribution in [2.45, 2.75) is 65.1 Å². The highest BCUT2D eigenvalue weighted by atomic mass is 28.3. The van der Waals surface area contributed by atoms with Gasteiger partial charge in [-0.05, 0) is 29.1 Å². The van der Waals surface area contributed by atoms with Gasteiger partial charge < -0.3 is 4.74 Å². The van der Waals surface area contributed by atoms with Gasteiger partial charge in [0.15, 0.2) is 0 Å². The third-order valence-corrected chi connectivity index (χ3v) is 12.1. The molecule has 0 radical (unpaired) electrons. The molecular formula is C19H28O2Si. The van der Waals surface area contributed by atoms with Crippen molar-refractivity contribution in [3.63, 3.8) is 0 Å². The lowest BCUT2D eigenvalue weighted by molar-refractivity contribution is 0.0715. The van der Waals surface area contributed by atoms with E-state index in [2.05, 4.69) is 47.2 Å². The Labute approximate surface area is 135 Å². The molecule has 0 atom stereocenters. The molecule has 0 saturated heterocycles. The molecule has 0 aromatic heterocycles. The quantitative estimate of drug-likeness (QED) is 0.524. The van der Waals surface area contributed by atoms with Gasteiger partial charge >= 0.3 is 5.97 Å². The number of carbonyl (C=O) groups excluding carboxylic acids is 1. The SMILES string of the molecule is Cc1cccc2c1C(=O)O/C2=C\[Si](C(C)C)(C(C)C)C(C)C. The second-order valence-corrected chi connectivity index (χ2v) is 13.1. The molecule has 0 amide bonds. The molecule has 1 aromatic carbocycles. The number of carbonyl (C=O) groups is 1.